The molecule has 13 rings (SSSR count). The van der Waals surface area contributed by atoms with Crippen molar-refractivity contribution < 1.29 is 9.15 Å². The van der Waals surface area contributed by atoms with Gasteiger partial charge in [-0.15, -0.1) is 0 Å². The van der Waals surface area contributed by atoms with Crippen molar-refractivity contribution >= 4 is 54.5 Å². The van der Waals surface area contributed by atoms with Gasteiger partial charge >= 0.3 is 0 Å². The molecule has 0 atom stereocenters. The van der Waals surface area contributed by atoms with Crippen molar-refractivity contribution in [1.82, 2.24) is 19.5 Å². The maximum absolute atomic E-state index is 6.74. The molecule has 4 heterocycles. The average molecular weight is 795 g/mol. The normalized spacial score (nSPS) is 12.3. The molecule has 0 unspecified atom stereocenters. The smallest absolute Gasteiger partial charge is 0.164 e. The fourth-order valence-electron chi connectivity index (χ4n) is 9.44. The summed E-state index contributed by atoms with van der Waals surface area (Å²) in [5, 5.41) is 6.69. The van der Waals surface area contributed by atoms with E-state index < -0.39 is 0 Å². The Kier molecular flexibility index (Phi) is 7.57. The molecule has 3 aromatic heterocycles. The van der Waals surface area contributed by atoms with Crippen molar-refractivity contribution in [3.63, 3.8) is 0 Å². The van der Waals surface area contributed by atoms with E-state index in [4.69, 9.17) is 24.1 Å². The van der Waals surface area contributed by atoms with Crippen LogP contribution in [0.2, 0.25) is 0 Å². The zero-order chi connectivity index (χ0) is 40.7. The zero-order valence-electron chi connectivity index (χ0n) is 33.3. The molecule has 290 valence electrons. The third kappa shape index (κ3) is 5.40. The summed E-state index contributed by atoms with van der Waals surface area (Å²) in [6, 6.07) is 67.8. The van der Waals surface area contributed by atoms with Gasteiger partial charge < -0.3 is 13.7 Å². The van der Waals surface area contributed by atoms with Crippen LogP contribution < -0.4 is 4.74 Å². The highest BCUT2D eigenvalue weighted by molar-refractivity contribution is 6.16. The second-order valence-electron chi connectivity index (χ2n) is 15.9. The molecule has 6 nitrogen and oxygen atoms in total. The fourth-order valence-corrected chi connectivity index (χ4v) is 9.44. The summed E-state index contributed by atoms with van der Waals surface area (Å²) in [5.74, 6) is 2.58. The summed E-state index contributed by atoms with van der Waals surface area (Å²) in [7, 11) is 0. The number of benzene rings is 9. The van der Waals surface area contributed by atoms with Gasteiger partial charge in [0.25, 0.3) is 0 Å². The molecule has 0 saturated carbocycles. The molecule has 0 fully saturated rings. The quantitative estimate of drug-likeness (QED) is 0.174. The number of rotatable bonds is 5. The van der Waals surface area contributed by atoms with Gasteiger partial charge in [-0.05, 0) is 63.9 Å². The number of hydrogen-bond donors (Lipinski definition) is 0. The predicted molar refractivity (Wildman–Crippen MR) is 250 cm³/mol. The van der Waals surface area contributed by atoms with Gasteiger partial charge in [0.2, 0.25) is 0 Å². The van der Waals surface area contributed by atoms with Crippen LogP contribution in [0.1, 0.15) is 5.56 Å². The summed E-state index contributed by atoms with van der Waals surface area (Å²) in [5.41, 5.74) is 12.8. The van der Waals surface area contributed by atoms with Crippen LogP contribution in [0, 0.1) is 0 Å². The molecule has 0 amide bonds. The minimum atomic E-state index is 0.402. The van der Waals surface area contributed by atoms with E-state index in [0.717, 1.165) is 88.9 Å². The van der Waals surface area contributed by atoms with Gasteiger partial charge in [-0.3, -0.25) is 0 Å². The third-order valence-electron chi connectivity index (χ3n) is 12.4. The number of ether oxygens (including phenoxy) is 1. The van der Waals surface area contributed by atoms with Crippen LogP contribution in [0.15, 0.2) is 199 Å². The Morgan fingerprint density at radius 1 is 0.403 bits per heavy atom. The highest BCUT2D eigenvalue weighted by atomic mass is 16.5. The van der Waals surface area contributed by atoms with Crippen LogP contribution in [-0.4, -0.2) is 19.5 Å². The Morgan fingerprint density at radius 2 is 1.05 bits per heavy atom. The second-order valence-corrected chi connectivity index (χ2v) is 15.9. The second kappa shape index (κ2) is 13.6. The van der Waals surface area contributed by atoms with Crippen molar-refractivity contribution in [2.24, 2.45) is 0 Å². The number of nitrogens with zero attached hydrogens (tertiary/aromatic N) is 4. The van der Waals surface area contributed by atoms with Crippen LogP contribution >= 0.6 is 0 Å². The Bertz CT molecular complexity index is 3750. The lowest BCUT2D eigenvalue weighted by molar-refractivity contribution is 0.303. The summed E-state index contributed by atoms with van der Waals surface area (Å²) in [6.45, 7) is 0.402. The Balaban J connectivity index is 1.09. The van der Waals surface area contributed by atoms with Gasteiger partial charge in [-0.1, -0.05) is 152 Å². The van der Waals surface area contributed by atoms with Crippen LogP contribution in [0.25, 0.3) is 117 Å². The molecule has 0 bridgehead atoms. The number of fused-ring (bicyclic) bond motifs is 10. The van der Waals surface area contributed by atoms with Crippen LogP contribution in [0.5, 0.6) is 5.75 Å². The minimum Gasteiger partial charge on any atom is -0.488 e. The largest absolute Gasteiger partial charge is 0.488 e. The molecular formula is C56H34N4O2. The summed E-state index contributed by atoms with van der Waals surface area (Å²) in [6.07, 6.45) is 0. The Hall–Kier alpha value is -8.35. The van der Waals surface area contributed by atoms with E-state index in [1.54, 1.807) is 0 Å². The fraction of sp³-hybridized carbons (Fsp3) is 0.0179. The molecule has 62 heavy (non-hydrogen) atoms. The monoisotopic (exact) mass is 794 g/mol. The maximum Gasteiger partial charge on any atom is 0.164 e. The SMILES string of the molecule is c1ccc(-c2ccc(-c3nc(-c4cccc5c4COc4ccccc4-5)nc(-c4cc(-n5c6ccccc6c6cc7ccccc7cc65)cc5oc6ccccc6c45)n3)cc2)cc1. The van der Waals surface area contributed by atoms with E-state index >= 15 is 0 Å². The molecule has 0 radical (unpaired) electrons. The van der Waals surface area contributed by atoms with Crippen molar-refractivity contribution in [1.29, 1.82) is 0 Å². The molecule has 12 aromatic rings. The first-order chi connectivity index (χ1) is 30.7. The molecule has 0 saturated heterocycles. The highest BCUT2D eigenvalue weighted by Gasteiger charge is 2.25. The highest BCUT2D eigenvalue weighted by Crippen LogP contribution is 2.44. The first-order valence-electron chi connectivity index (χ1n) is 20.9. The van der Waals surface area contributed by atoms with Gasteiger partial charge in [0.1, 0.15) is 23.5 Å². The molecule has 1 aliphatic heterocycles. The van der Waals surface area contributed by atoms with Crippen molar-refractivity contribution in [3.8, 4) is 67.9 Å². The lowest BCUT2D eigenvalue weighted by atomic mass is 9.93. The van der Waals surface area contributed by atoms with Gasteiger partial charge in [0, 0.05) is 55.4 Å². The average Bonchev–Trinajstić information content (AvgIpc) is 3.88. The minimum absolute atomic E-state index is 0.402. The summed E-state index contributed by atoms with van der Waals surface area (Å²) >= 11 is 0. The number of aromatic nitrogens is 4. The van der Waals surface area contributed by atoms with Crippen molar-refractivity contribution in [2.45, 2.75) is 6.61 Å². The lowest BCUT2D eigenvalue weighted by Crippen LogP contribution is -2.09. The third-order valence-corrected chi connectivity index (χ3v) is 12.4. The molecule has 0 aliphatic carbocycles. The molecule has 0 N–H and O–H groups in total. The van der Waals surface area contributed by atoms with Crippen LogP contribution in [0.4, 0.5) is 0 Å². The van der Waals surface area contributed by atoms with E-state index in [0.29, 0.717) is 24.1 Å². The first-order valence-corrected chi connectivity index (χ1v) is 20.9. The number of para-hydroxylation sites is 3. The first kappa shape index (κ1) is 34.5. The van der Waals surface area contributed by atoms with E-state index in [1.165, 1.54) is 21.5 Å². The molecular weight excluding hydrogens is 761 g/mol. The van der Waals surface area contributed by atoms with Crippen LogP contribution in [0.3, 0.4) is 0 Å². The summed E-state index contributed by atoms with van der Waals surface area (Å²) in [4.78, 5) is 16.1. The molecule has 6 heteroatoms. The van der Waals surface area contributed by atoms with E-state index in [9.17, 15) is 0 Å². The maximum atomic E-state index is 6.74. The Labute approximate surface area is 356 Å². The van der Waals surface area contributed by atoms with Gasteiger partial charge in [0.15, 0.2) is 17.5 Å². The van der Waals surface area contributed by atoms with Gasteiger partial charge in [-0.25, -0.2) is 15.0 Å². The van der Waals surface area contributed by atoms with Crippen molar-refractivity contribution in [3.05, 3.63) is 200 Å². The van der Waals surface area contributed by atoms with E-state index in [-0.39, 0.29) is 0 Å². The zero-order valence-corrected chi connectivity index (χ0v) is 33.3. The van der Waals surface area contributed by atoms with Crippen LogP contribution in [-0.2, 0) is 6.61 Å². The van der Waals surface area contributed by atoms with Gasteiger partial charge in [0.05, 0.1) is 16.7 Å². The number of hydrogen-bond acceptors (Lipinski definition) is 5. The molecule has 0 spiro atoms. The van der Waals surface area contributed by atoms with E-state index in [2.05, 4.69) is 168 Å². The standard InChI is InChI=1S/C56H34N4O2/c1-2-13-34(14-3-1)35-25-27-36(28-26-35)54-57-55(43-21-12-20-40-42-18-7-10-23-50(42)61-33-47(40)43)59-56(58-54)46-31-39(32-52-53(46)44-19-8-11-24-51(44)62-52)60-48-22-9-6-17-41(48)45-29-37-15-4-5-16-38(37)30-49(45)60/h1-32H,33H2. The molecule has 1 aliphatic rings. The predicted octanol–water partition coefficient (Wildman–Crippen LogP) is 14.2. The van der Waals surface area contributed by atoms with Gasteiger partial charge in [-0.2, -0.15) is 0 Å². The van der Waals surface area contributed by atoms with E-state index in [1.807, 2.05) is 30.3 Å². The molecule has 9 aromatic carbocycles. The topological polar surface area (TPSA) is 66.0 Å². The Morgan fingerprint density at radius 3 is 1.92 bits per heavy atom. The van der Waals surface area contributed by atoms with Crippen molar-refractivity contribution in [2.75, 3.05) is 0 Å². The lowest BCUT2D eigenvalue weighted by Gasteiger charge is -2.23. The number of furan rings is 1. The summed E-state index contributed by atoms with van der Waals surface area (Å²) < 4.78 is 15.4.